The Morgan fingerprint density at radius 2 is 0.714 bits per heavy atom. The summed E-state index contributed by atoms with van der Waals surface area (Å²) < 4.78 is 4.86. The smallest absolute Gasteiger partial charge is 0.160 e. The number of benzene rings is 11. The molecule has 1 aliphatic carbocycles. The molecule has 14 aromatic rings. The van der Waals surface area contributed by atoms with Crippen LogP contribution in [0.1, 0.15) is 25.0 Å². The first-order valence-corrected chi connectivity index (χ1v) is 26.5. The van der Waals surface area contributed by atoms with Crippen molar-refractivity contribution in [2.24, 2.45) is 0 Å². The normalized spacial score (nSPS) is 12.6. The maximum atomic E-state index is 5.26. The number of hydrogen-bond donors (Lipinski definition) is 0. The monoisotopic (exact) mass is 982 g/mol. The number of fused-ring (bicyclic) bond motifs is 9. The molecule has 15 rings (SSSR count). The first-order chi connectivity index (χ1) is 37.9. The summed E-state index contributed by atoms with van der Waals surface area (Å²) in [6, 6.07) is 96.8. The Hall–Kier alpha value is -9.90. The van der Waals surface area contributed by atoms with E-state index >= 15 is 0 Å². The van der Waals surface area contributed by atoms with Gasteiger partial charge in [-0.15, -0.1) is 0 Å². The summed E-state index contributed by atoms with van der Waals surface area (Å²) in [5.74, 6) is 0.678. The molecule has 1 aliphatic rings. The van der Waals surface area contributed by atoms with Crippen molar-refractivity contribution in [1.29, 1.82) is 0 Å². The second kappa shape index (κ2) is 17.6. The summed E-state index contributed by atoms with van der Waals surface area (Å²) in [6.45, 7) is 4.72. The molecule has 0 spiro atoms. The SMILES string of the molecule is CC1(C)c2ccccc2-c2ccc(-n3c4ccccc4c4ccc(-c5ccc6c(c5)c5ccccc5n6-c5ccc(-c6nc(-c7ccc(-c8ccccc8)cc7)cc(-c7ccc(-c8ccccc8)cc7)n6)cc5)cc43)cc21. The molecule has 0 radical (unpaired) electrons. The van der Waals surface area contributed by atoms with Crippen LogP contribution in [-0.4, -0.2) is 19.1 Å². The van der Waals surface area contributed by atoms with E-state index in [4.69, 9.17) is 9.97 Å². The standard InChI is InChI=1S/C73H50N4/c1-73(2)64-22-12-9-19-58(64)59-41-39-57(45-65(59)73)77-68-23-13-10-20-60(68)62-40-35-55(44-71(62)77)54-36-42-70-63(43-54)61-21-11-14-24-69(61)76(70)56-37-33-53(34-38-56)72-74-66(51-29-25-49(26-30-51)47-15-5-3-6-16-47)46-67(75-72)52-31-27-50(28-32-52)48-17-7-4-8-18-48/h3-46H,1-2H3. The van der Waals surface area contributed by atoms with Crippen LogP contribution in [-0.2, 0) is 5.41 Å². The molecule has 0 unspecified atom stereocenters. The molecule has 4 nitrogen and oxygen atoms in total. The molecular formula is C73H50N4. The van der Waals surface area contributed by atoms with Gasteiger partial charge in [-0.2, -0.15) is 0 Å². The van der Waals surface area contributed by atoms with Crippen LogP contribution in [0, 0.1) is 0 Å². The minimum absolute atomic E-state index is 0.0960. The van der Waals surface area contributed by atoms with Crippen LogP contribution >= 0.6 is 0 Å². The summed E-state index contributed by atoms with van der Waals surface area (Å²) in [6.07, 6.45) is 0. The highest BCUT2D eigenvalue weighted by Crippen LogP contribution is 2.50. The molecule has 0 bridgehead atoms. The Morgan fingerprint density at radius 3 is 1.36 bits per heavy atom. The van der Waals surface area contributed by atoms with E-state index in [9.17, 15) is 0 Å². The first-order valence-electron chi connectivity index (χ1n) is 26.5. The number of hydrogen-bond acceptors (Lipinski definition) is 2. The largest absolute Gasteiger partial charge is 0.309 e. The lowest BCUT2D eigenvalue weighted by Crippen LogP contribution is -2.15. The highest BCUT2D eigenvalue weighted by Gasteiger charge is 2.35. The Balaban J connectivity index is 0.804. The second-order valence-corrected chi connectivity index (χ2v) is 21.0. The lowest BCUT2D eigenvalue weighted by atomic mass is 9.82. The molecule has 0 fully saturated rings. The van der Waals surface area contributed by atoms with Gasteiger partial charge in [-0.25, -0.2) is 9.97 Å². The molecule has 0 amide bonds. The minimum Gasteiger partial charge on any atom is -0.309 e. The van der Waals surface area contributed by atoms with E-state index in [0.717, 1.165) is 44.8 Å². The number of nitrogens with zero attached hydrogens (tertiary/aromatic N) is 4. The van der Waals surface area contributed by atoms with Gasteiger partial charge in [-0.05, 0) is 128 Å². The van der Waals surface area contributed by atoms with Gasteiger partial charge < -0.3 is 9.13 Å². The van der Waals surface area contributed by atoms with Gasteiger partial charge in [0, 0.05) is 55.0 Å². The Morgan fingerprint density at radius 1 is 0.273 bits per heavy atom. The molecule has 0 saturated carbocycles. The van der Waals surface area contributed by atoms with Crippen molar-refractivity contribution in [3.05, 3.63) is 278 Å². The van der Waals surface area contributed by atoms with Gasteiger partial charge >= 0.3 is 0 Å². The maximum Gasteiger partial charge on any atom is 0.160 e. The van der Waals surface area contributed by atoms with Crippen LogP contribution in [0.3, 0.4) is 0 Å². The molecule has 0 N–H and O–H groups in total. The zero-order valence-electron chi connectivity index (χ0n) is 42.7. The van der Waals surface area contributed by atoms with Crippen LogP contribution in [0.4, 0.5) is 0 Å². The van der Waals surface area contributed by atoms with Crippen molar-refractivity contribution in [2.45, 2.75) is 19.3 Å². The Bertz CT molecular complexity index is 4500. The maximum absolute atomic E-state index is 5.26. The average Bonchev–Trinajstić information content (AvgIpc) is 4.17. The molecule has 0 saturated heterocycles. The van der Waals surface area contributed by atoms with E-state index in [0.29, 0.717) is 5.82 Å². The fourth-order valence-corrected chi connectivity index (χ4v) is 12.3. The third-order valence-corrected chi connectivity index (χ3v) is 16.2. The summed E-state index contributed by atoms with van der Waals surface area (Å²) in [4.78, 5) is 10.5. The van der Waals surface area contributed by atoms with Crippen LogP contribution in [0.15, 0.2) is 267 Å². The van der Waals surface area contributed by atoms with E-state index in [-0.39, 0.29) is 5.41 Å². The van der Waals surface area contributed by atoms with Crippen LogP contribution in [0.5, 0.6) is 0 Å². The van der Waals surface area contributed by atoms with Crippen LogP contribution in [0.2, 0.25) is 0 Å². The molecule has 0 atom stereocenters. The molecule has 0 aliphatic heterocycles. The molecule has 3 heterocycles. The van der Waals surface area contributed by atoms with Crippen molar-refractivity contribution in [3.8, 4) is 89.8 Å². The molecule has 77 heavy (non-hydrogen) atoms. The van der Waals surface area contributed by atoms with Crippen molar-refractivity contribution in [3.63, 3.8) is 0 Å². The highest BCUT2D eigenvalue weighted by atomic mass is 15.0. The molecule has 11 aromatic carbocycles. The van der Waals surface area contributed by atoms with Crippen molar-refractivity contribution in [2.75, 3.05) is 0 Å². The van der Waals surface area contributed by atoms with Gasteiger partial charge in [-0.1, -0.05) is 208 Å². The van der Waals surface area contributed by atoms with Crippen LogP contribution < -0.4 is 0 Å². The van der Waals surface area contributed by atoms with Gasteiger partial charge in [0.25, 0.3) is 0 Å². The predicted octanol–water partition coefficient (Wildman–Crippen LogP) is 19.0. The molecular weight excluding hydrogens is 933 g/mol. The summed E-state index contributed by atoms with van der Waals surface area (Å²) in [5, 5.41) is 4.92. The Labute approximate surface area is 447 Å². The molecule has 3 aromatic heterocycles. The fourth-order valence-electron chi connectivity index (χ4n) is 12.3. The number of rotatable bonds is 8. The van der Waals surface area contributed by atoms with Gasteiger partial charge in [0.2, 0.25) is 0 Å². The third kappa shape index (κ3) is 7.36. The van der Waals surface area contributed by atoms with E-state index in [1.54, 1.807) is 0 Å². The second-order valence-electron chi connectivity index (χ2n) is 21.0. The quantitative estimate of drug-likeness (QED) is 0.152. The van der Waals surface area contributed by atoms with Crippen molar-refractivity contribution >= 4 is 43.6 Å². The third-order valence-electron chi connectivity index (χ3n) is 16.2. The van der Waals surface area contributed by atoms with E-state index < -0.39 is 0 Å². The lowest BCUT2D eigenvalue weighted by molar-refractivity contribution is 0.660. The van der Waals surface area contributed by atoms with Crippen LogP contribution in [0.25, 0.3) is 133 Å². The van der Waals surface area contributed by atoms with E-state index in [2.05, 4.69) is 290 Å². The van der Waals surface area contributed by atoms with Crippen molar-refractivity contribution in [1.82, 2.24) is 19.1 Å². The van der Waals surface area contributed by atoms with Gasteiger partial charge in [-0.3, -0.25) is 0 Å². The van der Waals surface area contributed by atoms with Gasteiger partial charge in [0.15, 0.2) is 5.82 Å². The summed E-state index contributed by atoms with van der Waals surface area (Å²) >= 11 is 0. The highest BCUT2D eigenvalue weighted by molar-refractivity contribution is 6.12. The minimum atomic E-state index is -0.0960. The number of para-hydroxylation sites is 2. The Kier molecular flexibility index (Phi) is 10.2. The first kappa shape index (κ1) is 44.6. The summed E-state index contributed by atoms with van der Waals surface area (Å²) in [7, 11) is 0. The zero-order valence-corrected chi connectivity index (χ0v) is 42.7. The number of aromatic nitrogens is 4. The van der Waals surface area contributed by atoms with E-state index in [1.807, 2.05) is 0 Å². The topological polar surface area (TPSA) is 35.6 Å². The summed E-state index contributed by atoms with van der Waals surface area (Å²) in [5.41, 5.74) is 24.1. The lowest BCUT2D eigenvalue weighted by Gasteiger charge is -2.22. The molecule has 362 valence electrons. The van der Waals surface area contributed by atoms with Gasteiger partial charge in [0.05, 0.1) is 33.5 Å². The van der Waals surface area contributed by atoms with E-state index in [1.165, 1.54) is 93.9 Å². The fraction of sp³-hybridized carbons (Fsp3) is 0.0411. The predicted molar refractivity (Wildman–Crippen MR) is 321 cm³/mol. The zero-order chi connectivity index (χ0) is 51.2. The molecule has 4 heteroatoms. The van der Waals surface area contributed by atoms with Crippen molar-refractivity contribution < 1.29 is 0 Å². The van der Waals surface area contributed by atoms with Gasteiger partial charge in [0.1, 0.15) is 0 Å². The average molecular weight is 983 g/mol.